The third kappa shape index (κ3) is 3.59. The number of hydrogen-bond donors (Lipinski definition) is 0. The van der Waals surface area contributed by atoms with E-state index >= 15 is 0 Å². The zero-order valence-corrected chi connectivity index (χ0v) is 14.4. The number of halogens is 2. The summed E-state index contributed by atoms with van der Waals surface area (Å²) < 4.78 is 27.1. The SMILES string of the molecule is CC(C)N(c1ccc2c(c1)CN(CC(F)F)CC2)c1cnn(C)c1. The van der Waals surface area contributed by atoms with E-state index in [0.29, 0.717) is 13.1 Å². The zero-order valence-electron chi connectivity index (χ0n) is 14.4. The summed E-state index contributed by atoms with van der Waals surface area (Å²) in [5, 5.41) is 4.26. The predicted molar refractivity (Wildman–Crippen MR) is 91.9 cm³/mol. The molecule has 0 atom stereocenters. The first-order valence-electron chi connectivity index (χ1n) is 8.34. The number of aromatic nitrogens is 2. The number of fused-ring (bicyclic) bond motifs is 1. The van der Waals surface area contributed by atoms with Gasteiger partial charge in [0.1, 0.15) is 0 Å². The minimum absolute atomic E-state index is 0.153. The second kappa shape index (κ2) is 6.89. The van der Waals surface area contributed by atoms with Gasteiger partial charge in [-0.3, -0.25) is 9.58 Å². The number of rotatable bonds is 5. The molecule has 1 aliphatic heterocycles. The molecular formula is C18H24F2N4. The van der Waals surface area contributed by atoms with Crippen LogP contribution in [0, 0.1) is 0 Å². The molecule has 0 saturated heterocycles. The average molecular weight is 334 g/mol. The minimum Gasteiger partial charge on any atom is -0.336 e. The lowest BCUT2D eigenvalue weighted by Gasteiger charge is -2.32. The van der Waals surface area contributed by atoms with Crippen molar-refractivity contribution in [1.29, 1.82) is 0 Å². The molecule has 0 bridgehead atoms. The second-order valence-electron chi connectivity index (χ2n) is 6.67. The van der Waals surface area contributed by atoms with Crippen molar-refractivity contribution < 1.29 is 8.78 Å². The van der Waals surface area contributed by atoms with Gasteiger partial charge in [-0.1, -0.05) is 6.07 Å². The third-order valence-electron chi connectivity index (χ3n) is 4.44. The maximum absolute atomic E-state index is 12.7. The Morgan fingerprint density at radius 1 is 1.21 bits per heavy atom. The van der Waals surface area contributed by atoms with E-state index < -0.39 is 6.43 Å². The number of anilines is 2. The quantitative estimate of drug-likeness (QED) is 0.835. The zero-order chi connectivity index (χ0) is 17.3. The Hall–Kier alpha value is -1.95. The summed E-state index contributed by atoms with van der Waals surface area (Å²) in [4.78, 5) is 4.06. The number of hydrogen-bond acceptors (Lipinski definition) is 3. The molecule has 0 fully saturated rings. The monoisotopic (exact) mass is 334 g/mol. The smallest absolute Gasteiger partial charge is 0.251 e. The molecule has 2 aromatic rings. The molecule has 0 unspecified atom stereocenters. The minimum atomic E-state index is -2.28. The molecule has 6 heteroatoms. The van der Waals surface area contributed by atoms with E-state index in [9.17, 15) is 8.78 Å². The first kappa shape index (κ1) is 16.9. The van der Waals surface area contributed by atoms with Crippen molar-refractivity contribution >= 4 is 11.4 Å². The highest BCUT2D eigenvalue weighted by Crippen LogP contribution is 2.31. The van der Waals surface area contributed by atoms with E-state index in [-0.39, 0.29) is 12.6 Å². The molecule has 0 spiro atoms. The van der Waals surface area contributed by atoms with Crippen molar-refractivity contribution in [3.63, 3.8) is 0 Å². The standard InChI is InChI=1S/C18H24F2N4/c1-13(2)24(17-9-21-22(3)11-17)16-5-4-14-6-7-23(12-18(19)20)10-15(14)8-16/h4-5,8-9,11,13,18H,6-7,10,12H2,1-3H3. The first-order valence-corrected chi connectivity index (χ1v) is 8.34. The van der Waals surface area contributed by atoms with Gasteiger partial charge in [-0.25, -0.2) is 8.78 Å². The molecule has 130 valence electrons. The molecule has 1 aromatic carbocycles. The van der Waals surface area contributed by atoms with Crippen molar-refractivity contribution in [3.05, 3.63) is 41.7 Å². The van der Waals surface area contributed by atoms with Crippen LogP contribution in [0.1, 0.15) is 25.0 Å². The number of aryl methyl sites for hydroxylation is 1. The molecule has 0 amide bonds. The van der Waals surface area contributed by atoms with Crippen LogP contribution in [-0.4, -0.2) is 40.2 Å². The van der Waals surface area contributed by atoms with Gasteiger partial charge in [-0.2, -0.15) is 5.10 Å². The van der Waals surface area contributed by atoms with E-state index in [0.717, 1.165) is 23.4 Å². The van der Waals surface area contributed by atoms with Crippen molar-refractivity contribution in [1.82, 2.24) is 14.7 Å². The van der Waals surface area contributed by atoms with Gasteiger partial charge in [-0.15, -0.1) is 0 Å². The Bertz CT molecular complexity index is 696. The molecule has 2 heterocycles. The van der Waals surface area contributed by atoms with Gasteiger partial charge in [0.25, 0.3) is 6.43 Å². The lowest BCUT2D eigenvalue weighted by atomic mass is 9.98. The summed E-state index contributed by atoms with van der Waals surface area (Å²) >= 11 is 0. The lowest BCUT2D eigenvalue weighted by molar-refractivity contribution is 0.0821. The lowest BCUT2D eigenvalue weighted by Crippen LogP contribution is -2.34. The van der Waals surface area contributed by atoms with Crippen LogP contribution in [0.15, 0.2) is 30.6 Å². The van der Waals surface area contributed by atoms with Gasteiger partial charge in [0.2, 0.25) is 0 Å². The maximum Gasteiger partial charge on any atom is 0.251 e. The fraction of sp³-hybridized carbons (Fsp3) is 0.500. The van der Waals surface area contributed by atoms with Gasteiger partial charge in [0, 0.05) is 38.1 Å². The van der Waals surface area contributed by atoms with Crippen molar-refractivity contribution in [3.8, 4) is 0 Å². The maximum atomic E-state index is 12.7. The highest BCUT2D eigenvalue weighted by molar-refractivity contribution is 5.64. The van der Waals surface area contributed by atoms with Crippen molar-refractivity contribution in [2.24, 2.45) is 7.05 Å². The largest absolute Gasteiger partial charge is 0.336 e. The summed E-state index contributed by atoms with van der Waals surface area (Å²) in [7, 11) is 1.90. The Kier molecular flexibility index (Phi) is 4.85. The van der Waals surface area contributed by atoms with E-state index in [4.69, 9.17) is 0 Å². The van der Waals surface area contributed by atoms with Crippen LogP contribution in [0.5, 0.6) is 0 Å². The van der Waals surface area contributed by atoms with Crippen LogP contribution in [0.3, 0.4) is 0 Å². The van der Waals surface area contributed by atoms with E-state index in [1.165, 1.54) is 5.56 Å². The van der Waals surface area contributed by atoms with Crippen LogP contribution >= 0.6 is 0 Å². The average Bonchev–Trinajstić information content (AvgIpc) is 2.92. The molecule has 3 rings (SSSR count). The summed E-state index contributed by atoms with van der Waals surface area (Å²) in [6, 6.07) is 6.66. The fourth-order valence-electron chi connectivity index (χ4n) is 3.38. The number of alkyl halides is 2. The van der Waals surface area contributed by atoms with Crippen LogP contribution in [0.4, 0.5) is 20.2 Å². The molecule has 1 aromatic heterocycles. The molecule has 24 heavy (non-hydrogen) atoms. The number of benzene rings is 1. The molecular weight excluding hydrogens is 310 g/mol. The predicted octanol–water partition coefficient (Wildman–Crippen LogP) is 3.59. The van der Waals surface area contributed by atoms with E-state index in [1.807, 2.05) is 24.3 Å². The Morgan fingerprint density at radius 3 is 2.62 bits per heavy atom. The molecule has 0 aliphatic carbocycles. The molecule has 0 radical (unpaired) electrons. The Labute approximate surface area is 141 Å². The van der Waals surface area contributed by atoms with Crippen LogP contribution in [-0.2, 0) is 20.0 Å². The summed E-state index contributed by atoms with van der Waals surface area (Å²) in [5.41, 5.74) is 4.52. The van der Waals surface area contributed by atoms with E-state index in [1.54, 1.807) is 4.68 Å². The second-order valence-corrected chi connectivity index (χ2v) is 6.67. The van der Waals surface area contributed by atoms with Gasteiger partial charge in [0.15, 0.2) is 0 Å². The highest BCUT2D eigenvalue weighted by atomic mass is 19.3. The fourth-order valence-corrected chi connectivity index (χ4v) is 3.38. The normalized spacial score (nSPS) is 15.1. The topological polar surface area (TPSA) is 24.3 Å². The van der Waals surface area contributed by atoms with Gasteiger partial charge in [0.05, 0.1) is 18.4 Å². The van der Waals surface area contributed by atoms with Crippen molar-refractivity contribution in [2.75, 3.05) is 18.0 Å². The van der Waals surface area contributed by atoms with Crippen molar-refractivity contribution in [2.45, 2.75) is 39.3 Å². The molecule has 1 aliphatic rings. The summed E-state index contributed by atoms with van der Waals surface area (Å²) in [5.74, 6) is 0. The highest BCUT2D eigenvalue weighted by Gasteiger charge is 2.21. The van der Waals surface area contributed by atoms with Crippen LogP contribution in [0.25, 0.3) is 0 Å². The summed E-state index contributed by atoms with van der Waals surface area (Å²) in [6.45, 7) is 5.41. The van der Waals surface area contributed by atoms with Gasteiger partial charge >= 0.3 is 0 Å². The third-order valence-corrected chi connectivity index (χ3v) is 4.44. The number of nitrogens with zero attached hydrogens (tertiary/aromatic N) is 4. The molecule has 4 nitrogen and oxygen atoms in total. The van der Waals surface area contributed by atoms with Gasteiger partial charge in [-0.05, 0) is 43.5 Å². The van der Waals surface area contributed by atoms with Crippen LogP contribution in [0.2, 0.25) is 0 Å². The van der Waals surface area contributed by atoms with Crippen LogP contribution < -0.4 is 4.90 Å². The Balaban J connectivity index is 1.89. The molecule has 0 saturated carbocycles. The molecule has 0 N–H and O–H groups in total. The van der Waals surface area contributed by atoms with E-state index in [2.05, 4.69) is 42.0 Å². The summed E-state index contributed by atoms with van der Waals surface area (Å²) in [6.07, 6.45) is 2.39. The first-order chi connectivity index (χ1) is 11.4. The Morgan fingerprint density at radius 2 is 2.00 bits per heavy atom. The van der Waals surface area contributed by atoms with Gasteiger partial charge < -0.3 is 4.90 Å².